The fourth-order valence-corrected chi connectivity index (χ4v) is 1.88. The molecule has 0 radical (unpaired) electrons. The van der Waals surface area contributed by atoms with Crippen molar-refractivity contribution in [2.45, 2.75) is 25.8 Å². The molecule has 2 rings (SSSR count). The van der Waals surface area contributed by atoms with Crippen LogP contribution in [0, 0.1) is 0 Å². The molecule has 15 heavy (non-hydrogen) atoms. The van der Waals surface area contributed by atoms with Gasteiger partial charge in [0.1, 0.15) is 6.54 Å². The molecule has 0 unspecified atom stereocenters. The van der Waals surface area contributed by atoms with Gasteiger partial charge in [-0.15, -0.1) is 0 Å². The Bertz CT molecular complexity index is 406. The average molecular weight is 207 g/mol. The number of fused-ring (bicyclic) bond motifs is 1. The van der Waals surface area contributed by atoms with Gasteiger partial charge in [0.2, 0.25) is 0 Å². The van der Waals surface area contributed by atoms with Crippen LogP contribution in [-0.4, -0.2) is 23.4 Å². The fourth-order valence-electron chi connectivity index (χ4n) is 1.88. The minimum Gasteiger partial charge on any atom is -0.468 e. The van der Waals surface area contributed by atoms with Gasteiger partial charge in [-0.25, -0.2) is 0 Å². The van der Waals surface area contributed by atoms with Crippen LogP contribution in [0.25, 0.3) is 0 Å². The lowest BCUT2D eigenvalue weighted by molar-refractivity contribution is -0.141. The van der Waals surface area contributed by atoms with Gasteiger partial charge in [-0.2, -0.15) is 0 Å². The smallest absolute Gasteiger partial charge is 0.325 e. The molecule has 1 aliphatic rings. The number of carbonyl (C=O) groups is 2. The first-order valence-corrected chi connectivity index (χ1v) is 4.99. The van der Waals surface area contributed by atoms with Crippen molar-refractivity contribution >= 4 is 11.8 Å². The van der Waals surface area contributed by atoms with Gasteiger partial charge in [0.15, 0.2) is 5.78 Å². The Hall–Kier alpha value is -1.58. The molecule has 0 saturated heterocycles. The summed E-state index contributed by atoms with van der Waals surface area (Å²) in [4.78, 5) is 22.6. The lowest BCUT2D eigenvalue weighted by Gasteiger charge is -2.07. The van der Waals surface area contributed by atoms with Crippen molar-refractivity contribution < 1.29 is 14.3 Å². The Morgan fingerprint density at radius 1 is 1.47 bits per heavy atom. The molecule has 4 nitrogen and oxygen atoms in total. The number of carbonyl (C=O) groups excluding carboxylic acids is 2. The SMILES string of the molecule is COC(=O)Cn1cc2c(c1)C(=O)CCC2. The van der Waals surface area contributed by atoms with E-state index < -0.39 is 0 Å². The van der Waals surface area contributed by atoms with Crippen LogP contribution in [0.5, 0.6) is 0 Å². The maximum absolute atomic E-state index is 11.5. The Morgan fingerprint density at radius 3 is 2.93 bits per heavy atom. The molecule has 1 aromatic heterocycles. The largest absolute Gasteiger partial charge is 0.468 e. The topological polar surface area (TPSA) is 48.3 Å². The summed E-state index contributed by atoms with van der Waals surface area (Å²) in [7, 11) is 1.36. The van der Waals surface area contributed by atoms with Crippen molar-refractivity contribution in [1.82, 2.24) is 4.57 Å². The summed E-state index contributed by atoms with van der Waals surface area (Å²) >= 11 is 0. The van der Waals surface area contributed by atoms with E-state index >= 15 is 0 Å². The van der Waals surface area contributed by atoms with Gasteiger partial charge in [0, 0.05) is 24.4 Å². The van der Waals surface area contributed by atoms with Crippen LogP contribution in [0.1, 0.15) is 28.8 Å². The average Bonchev–Trinajstić information content (AvgIpc) is 2.62. The number of aryl methyl sites for hydroxylation is 1. The third kappa shape index (κ3) is 1.93. The molecule has 0 fully saturated rings. The minimum atomic E-state index is -0.296. The van der Waals surface area contributed by atoms with Gasteiger partial charge in [0.05, 0.1) is 7.11 Å². The van der Waals surface area contributed by atoms with Crippen LogP contribution in [0.2, 0.25) is 0 Å². The van der Waals surface area contributed by atoms with Crippen molar-refractivity contribution in [2.75, 3.05) is 7.11 Å². The van der Waals surface area contributed by atoms with E-state index in [9.17, 15) is 9.59 Å². The number of esters is 1. The Morgan fingerprint density at radius 2 is 2.27 bits per heavy atom. The second-order valence-corrected chi connectivity index (χ2v) is 3.72. The molecular formula is C11H13NO3. The van der Waals surface area contributed by atoms with Crippen LogP contribution in [0.3, 0.4) is 0 Å². The minimum absolute atomic E-state index is 0.177. The zero-order chi connectivity index (χ0) is 10.8. The van der Waals surface area contributed by atoms with Crippen LogP contribution >= 0.6 is 0 Å². The second kappa shape index (κ2) is 3.88. The van der Waals surface area contributed by atoms with Gasteiger partial charge in [-0.3, -0.25) is 9.59 Å². The van der Waals surface area contributed by atoms with Crippen LogP contribution in [0.4, 0.5) is 0 Å². The number of aromatic nitrogens is 1. The van der Waals surface area contributed by atoms with Crippen LogP contribution in [0.15, 0.2) is 12.4 Å². The summed E-state index contributed by atoms with van der Waals surface area (Å²) in [5.41, 5.74) is 1.82. The van der Waals surface area contributed by atoms with Crippen molar-refractivity contribution in [3.63, 3.8) is 0 Å². The maximum atomic E-state index is 11.5. The molecule has 0 amide bonds. The first-order valence-electron chi connectivity index (χ1n) is 4.99. The summed E-state index contributed by atoms with van der Waals surface area (Å²) in [6.07, 6.45) is 6.07. The number of rotatable bonds is 2. The van der Waals surface area contributed by atoms with Crippen LogP contribution in [-0.2, 0) is 22.5 Å². The molecule has 0 bridgehead atoms. The van der Waals surface area contributed by atoms with E-state index in [-0.39, 0.29) is 18.3 Å². The summed E-state index contributed by atoms with van der Waals surface area (Å²) in [5, 5.41) is 0. The molecule has 0 spiro atoms. The monoisotopic (exact) mass is 207 g/mol. The molecular weight excluding hydrogens is 194 g/mol. The lowest BCUT2D eigenvalue weighted by atomic mass is 9.95. The number of ether oxygens (including phenoxy) is 1. The molecule has 0 atom stereocenters. The van der Waals surface area contributed by atoms with Crippen molar-refractivity contribution in [3.05, 3.63) is 23.5 Å². The lowest BCUT2D eigenvalue weighted by Crippen LogP contribution is -2.09. The molecule has 0 aromatic carbocycles. The molecule has 0 saturated carbocycles. The maximum Gasteiger partial charge on any atom is 0.325 e. The van der Waals surface area contributed by atoms with Crippen molar-refractivity contribution in [1.29, 1.82) is 0 Å². The van der Waals surface area contributed by atoms with E-state index in [2.05, 4.69) is 4.74 Å². The number of Topliss-reactive ketones (excluding diaryl/α,β-unsaturated/α-hetero) is 1. The highest BCUT2D eigenvalue weighted by atomic mass is 16.5. The highest BCUT2D eigenvalue weighted by molar-refractivity contribution is 5.98. The third-order valence-electron chi connectivity index (χ3n) is 2.65. The Labute approximate surface area is 87.8 Å². The Kier molecular flexibility index (Phi) is 2.58. The number of methoxy groups -OCH3 is 1. The predicted octanol–water partition coefficient (Wildman–Crippen LogP) is 1.18. The predicted molar refractivity (Wildman–Crippen MR) is 53.7 cm³/mol. The zero-order valence-electron chi connectivity index (χ0n) is 8.66. The molecule has 0 aliphatic heterocycles. The van der Waals surface area contributed by atoms with Gasteiger partial charge < -0.3 is 9.30 Å². The first-order chi connectivity index (χ1) is 7.20. The fraction of sp³-hybridized carbons (Fsp3) is 0.455. The molecule has 1 aromatic rings. The van der Waals surface area contributed by atoms with Crippen molar-refractivity contribution in [2.24, 2.45) is 0 Å². The highest BCUT2D eigenvalue weighted by Crippen LogP contribution is 2.21. The molecule has 0 N–H and O–H groups in total. The van der Waals surface area contributed by atoms with Gasteiger partial charge >= 0.3 is 5.97 Å². The number of hydrogen-bond donors (Lipinski definition) is 0. The normalized spacial score (nSPS) is 14.9. The third-order valence-corrected chi connectivity index (χ3v) is 2.65. The highest BCUT2D eigenvalue weighted by Gasteiger charge is 2.19. The molecule has 4 heteroatoms. The van der Waals surface area contributed by atoms with E-state index in [1.807, 2.05) is 6.20 Å². The van der Waals surface area contributed by atoms with E-state index in [1.54, 1.807) is 10.8 Å². The van der Waals surface area contributed by atoms with Crippen molar-refractivity contribution in [3.8, 4) is 0 Å². The molecule has 80 valence electrons. The van der Waals surface area contributed by atoms with Crippen LogP contribution < -0.4 is 0 Å². The number of ketones is 1. The summed E-state index contributed by atoms with van der Waals surface area (Å²) in [6.45, 7) is 0.177. The Balaban J connectivity index is 2.22. The zero-order valence-corrected chi connectivity index (χ0v) is 8.66. The van der Waals surface area contributed by atoms with E-state index in [1.165, 1.54) is 7.11 Å². The van der Waals surface area contributed by atoms with Gasteiger partial charge in [0.25, 0.3) is 0 Å². The van der Waals surface area contributed by atoms with E-state index in [0.717, 1.165) is 24.0 Å². The summed E-state index contributed by atoms with van der Waals surface area (Å²) in [5.74, 6) is -0.116. The second-order valence-electron chi connectivity index (χ2n) is 3.72. The quantitative estimate of drug-likeness (QED) is 0.684. The van der Waals surface area contributed by atoms with Gasteiger partial charge in [-0.05, 0) is 18.4 Å². The molecule has 1 aliphatic carbocycles. The number of hydrogen-bond acceptors (Lipinski definition) is 3. The summed E-state index contributed by atoms with van der Waals surface area (Å²) < 4.78 is 6.29. The van der Waals surface area contributed by atoms with Gasteiger partial charge in [-0.1, -0.05) is 0 Å². The number of nitrogens with zero attached hydrogens (tertiary/aromatic N) is 1. The van der Waals surface area contributed by atoms with E-state index in [4.69, 9.17) is 0 Å². The standard InChI is InChI=1S/C11H13NO3/c1-15-11(14)7-12-5-8-3-2-4-10(13)9(8)6-12/h5-6H,2-4,7H2,1H3. The summed E-state index contributed by atoms with van der Waals surface area (Å²) in [6, 6.07) is 0. The molecule has 1 heterocycles. The van der Waals surface area contributed by atoms with E-state index in [0.29, 0.717) is 6.42 Å². The first kappa shape index (κ1) is 9.96.